The summed E-state index contributed by atoms with van der Waals surface area (Å²) in [5, 5.41) is 4.02. The Morgan fingerprint density at radius 3 is 2.42 bits per heavy atom. The number of carbonyl (C=O) groups excluding carboxylic acids is 3. The van der Waals surface area contributed by atoms with Crippen LogP contribution in [0.25, 0.3) is 16.8 Å². The van der Waals surface area contributed by atoms with Crippen LogP contribution in [0, 0.1) is 6.92 Å². The average Bonchev–Trinajstić information content (AvgIpc) is 2.91. The Labute approximate surface area is 220 Å². The predicted octanol–water partition coefficient (Wildman–Crippen LogP) is 5.79. The van der Waals surface area contributed by atoms with E-state index in [4.69, 9.17) is 9.47 Å². The Hall–Kier alpha value is -4.91. The summed E-state index contributed by atoms with van der Waals surface area (Å²) in [6.45, 7) is 4.68. The van der Waals surface area contributed by atoms with Gasteiger partial charge in [0.2, 0.25) is 0 Å². The summed E-state index contributed by atoms with van der Waals surface area (Å²) in [5.74, 6) is -0.359. The monoisotopic (exact) mass is 506 g/mol. The fraction of sp³-hybridized carbons (Fsp3) is 0.129. The van der Waals surface area contributed by atoms with E-state index in [9.17, 15) is 14.4 Å². The van der Waals surface area contributed by atoms with Crippen molar-refractivity contribution in [3.05, 3.63) is 107 Å². The molecule has 0 aliphatic carbocycles. The second-order valence-corrected chi connectivity index (χ2v) is 8.86. The highest BCUT2D eigenvalue weighted by Gasteiger charge is 2.37. The van der Waals surface area contributed by atoms with Crippen molar-refractivity contribution in [3.8, 4) is 11.5 Å². The first-order valence-corrected chi connectivity index (χ1v) is 12.3. The van der Waals surface area contributed by atoms with Gasteiger partial charge in [-0.2, -0.15) is 0 Å². The number of hydrogen-bond acceptors (Lipinski definition) is 5. The Balaban J connectivity index is 1.54. The summed E-state index contributed by atoms with van der Waals surface area (Å²) in [6, 6.07) is 25.1. The number of nitrogens with zero attached hydrogens (tertiary/aromatic N) is 1. The first kappa shape index (κ1) is 24.8. The van der Waals surface area contributed by atoms with Crippen LogP contribution in [0.5, 0.6) is 11.5 Å². The molecule has 4 aromatic rings. The predicted molar refractivity (Wildman–Crippen MR) is 146 cm³/mol. The number of imide groups is 2. The Kier molecular flexibility index (Phi) is 6.91. The van der Waals surface area contributed by atoms with Gasteiger partial charge in [-0.1, -0.05) is 60.2 Å². The molecule has 1 aliphatic heterocycles. The minimum Gasteiger partial charge on any atom is -0.494 e. The van der Waals surface area contributed by atoms with Gasteiger partial charge >= 0.3 is 6.03 Å². The lowest BCUT2D eigenvalue weighted by Gasteiger charge is -2.26. The van der Waals surface area contributed by atoms with Gasteiger partial charge in [-0.15, -0.1) is 0 Å². The summed E-state index contributed by atoms with van der Waals surface area (Å²) in [7, 11) is 0. The largest absolute Gasteiger partial charge is 0.494 e. The highest BCUT2D eigenvalue weighted by molar-refractivity contribution is 6.39. The molecule has 0 spiro atoms. The number of amides is 4. The lowest BCUT2D eigenvalue weighted by molar-refractivity contribution is -0.122. The van der Waals surface area contributed by atoms with E-state index in [0.717, 1.165) is 26.8 Å². The second-order valence-electron chi connectivity index (χ2n) is 8.86. The van der Waals surface area contributed by atoms with Crippen molar-refractivity contribution in [1.82, 2.24) is 5.32 Å². The van der Waals surface area contributed by atoms with Crippen LogP contribution < -0.4 is 19.7 Å². The molecule has 1 fully saturated rings. The van der Waals surface area contributed by atoms with Gasteiger partial charge in [0.15, 0.2) is 0 Å². The maximum atomic E-state index is 13.5. The molecule has 4 amide bonds. The van der Waals surface area contributed by atoms with Crippen LogP contribution in [0.2, 0.25) is 0 Å². The third-order valence-corrected chi connectivity index (χ3v) is 6.20. The molecular formula is C31H26N2O5. The third-order valence-electron chi connectivity index (χ3n) is 6.20. The van der Waals surface area contributed by atoms with Crippen LogP contribution in [-0.2, 0) is 16.2 Å². The number of nitrogens with one attached hydrogen (secondary N) is 1. The van der Waals surface area contributed by atoms with Crippen LogP contribution in [0.1, 0.15) is 23.6 Å². The van der Waals surface area contributed by atoms with Gasteiger partial charge in [0.1, 0.15) is 23.7 Å². The minimum atomic E-state index is -0.810. The van der Waals surface area contributed by atoms with Gasteiger partial charge in [0.05, 0.1) is 12.3 Å². The van der Waals surface area contributed by atoms with E-state index in [1.54, 1.807) is 24.3 Å². The number of rotatable bonds is 7. The number of fused-ring (bicyclic) bond motifs is 1. The van der Waals surface area contributed by atoms with Crippen molar-refractivity contribution in [2.45, 2.75) is 20.5 Å². The number of anilines is 1. The van der Waals surface area contributed by atoms with Gasteiger partial charge in [-0.25, -0.2) is 9.69 Å². The molecule has 7 nitrogen and oxygen atoms in total. The van der Waals surface area contributed by atoms with Crippen molar-refractivity contribution in [3.63, 3.8) is 0 Å². The molecule has 1 aliphatic rings. The maximum Gasteiger partial charge on any atom is 0.335 e. The average molecular weight is 507 g/mol. The normalized spacial score (nSPS) is 14.6. The molecule has 1 saturated heterocycles. The molecular weight excluding hydrogens is 480 g/mol. The van der Waals surface area contributed by atoms with Crippen molar-refractivity contribution >= 4 is 40.4 Å². The molecule has 0 bridgehead atoms. The quantitative estimate of drug-likeness (QED) is 0.253. The molecule has 0 saturated carbocycles. The zero-order chi connectivity index (χ0) is 26.6. The molecule has 190 valence electrons. The Morgan fingerprint density at radius 1 is 0.868 bits per heavy atom. The number of carbonyl (C=O) groups is 3. The van der Waals surface area contributed by atoms with E-state index in [2.05, 4.69) is 5.32 Å². The van der Waals surface area contributed by atoms with Gasteiger partial charge < -0.3 is 9.47 Å². The number of hydrogen-bond donors (Lipinski definition) is 1. The minimum absolute atomic E-state index is 0.171. The van der Waals surface area contributed by atoms with Gasteiger partial charge in [0.25, 0.3) is 11.8 Å². The first-order chi connectivity index (χ1) is 18.4. The zero-order valence-corrected chi connectivity index (χ0v) is 21.1. The summed E-state index contributed by atoms with van der Waals surface area (Å²) >= 11 is 0. The van der Waals surface area contributed by atoms with E-state index < -0.39 is 17.8 Å². The van der Waals surface area contributed by atoms with Crippen LogP contribution in [0.3, 0.4) is 0 Å². The summed E-state index contributed by atoms with van der Waals surface area (Å²) < 4.78 is 11.6. The fourth-order valence-corrected chi connectivity index (χ4v) is 4.41. The highest BCUT2D eigenvalue weighted by Crippen LogP contribution is 2.32. The van der Waals surface area contributed by atoms with Gasteiger partial charge in [-0.05, 0) is 66.6 Å². The summed E-state index contributed by atoms with van der Waals surface area (Å²) in [4.78, 5) is 40.0. The first-order valence-electron chi connectivity index (χ1n) is 12.3. The van der Waals surface area contributed by atoms with Crippen molar-refractivity contribution in [2.75, 3.05) is 11.5 Å². The maximum absolute atomic E-state index is 13.5. The molecule has 5 rings (SSSR count). The van der Waals surface area contributed by atoms with E-state index >= 15 is 0 Å². The Bertz CT molecular complexity index is 1570. The molecule has 1 N–H and O–H groups in total. The van der Waals surface area contributed by atoms with Crippen molar-refractivity contribution in [1.29, 1.82) is 0 Å². The second kappa shape index (κ2) is 10.6. The summed E-state index contributed by atoms with van der Waals surface area (Å²) in [6.07, 6.45) is 1.50. The SMILES string of the molecule is CCOc1ccc(N2C(=O)NC(=O)/C(=C\c3c(OCc4cccc(C)c4)ccc4ccccc34)C2=O)cc1. The number of aryl methyl sites for hydroxylation is 1. The van der Waals surface area contributed by atoms with Crippen LogP contribution in [0.15, 0.2) is 90.5 Å². The van der Waals surface area contributed by atoms with Gasteiger partial charge in [0, 0.05) is 5.56 Å². The molecule has 4 aromatic carbocycles. The molecule has 1 heterocycles. The third kappa shape index (κ3) is 4.99. The molecule has 0 radical (unpaired) electrons. The smallest absolute Gasteiger partial charge is 0.335 e. The van der Waals surface area contributed by atoms with E-state index in [0.29, 0.717) is 36.0 Å². The van der Waals surface area contributed by atoms with Crippen LogP contribution in [-0.4, -0.2) is 24.5 Å². The topological polar surface area (TPSA) is 84.9 Å². The standard InChI is InChI=1S/C31H26N2O5/c1-3-37-24-14-12-23(13-15-24)33-30(35)27(29(34)32-31(33)36)18-26-25-10-5-4-9-22(25)11-16-28(26)38-19-21-8-6-7-20(2)17-21/h4-18H,3,19H2,1-2H3,(H,32,34,36)/b27-18+. The fourth-order valence-electron chi connectivity index (χ4n) is 4.41. The van der Waals surface area contributed by atoms with Crippen LogP contribution >= 0.6 is 0 Å². The zero-order valence-electron chi connectivity index (χ0n) is 21.1. The van der Waals surface area contributed by atoms with Crippen molar-refractivity contribution < 1.29 is 23.9 Å². The van der Waals surface area contributed by atoms with Crippen molar-refractivity contribution in [2.24, 2.45) is 0 Å². The number of barbiturate groups is 1. The van der Waals surface area contributed by atoms with Gasteiger partial charge in [-0.3, -0.25) is 14.9 Å². The molecule has 0 atom stereocenters. The number of ether oxygens (including phenoxy) is 2. The van der Waals surface area contributed by atoms with E-state index in [1.165, 1.54) is 6.08 Å². The lowest BCUT2D eigenvalue weighted by atomic mass is 9.99. The Morgan fingerprint density at radius 2 is 1.66 bits per heavy atom. The van der Waals surface area contributed by atoms with Crippen LogP contribution in [0.4, 0.5) is 10.5 Å². The molecule has 38 heavy (non-hydrogen) atoms. The molecule has 0 aromatic heterocycles. The van der Waals surface area contributed by atoms with E-state index in [1.807, 2.05) is 74.5 Å². The molecule has 7 heteroatoms. The number of benzene rings is 4. The highest BCUT2D eigenvalue weighted by atomic mass is 16.5. The van der Waals surface area contributed by atoms with E-state index in [-0.39, 0.29) is 5.57 Å². The molecule has 0 unspecified atom stereocenters. The summed E-state index contributed by atoms with van der Waals surface area (Å²) in [5.41, 5.74) is 2.85. The lowest BCUT2D eigenvalue weighted by Crippen LogP contribution is -2.54. The number of urea groups is 1.